The van der Waals surface area contributed by atoms with Gasteiger partial charge in [-0.3, -0.25) is 23.7 Å². The van der Waals surface area contributed by atoms with Gasteiger partial charge in [0.25, 0.3) is 0 Å². The van der Waals surface area contributed by atoms with Gasteiger partial charge in [-0.1, -0.05) is 45.1 Å². The second-order valence-electron chi connectivity index (χ2n) is 9.11. The van der Waals surface area contributed by atoms with Gasteiger partial charge in [0.15, 0.2) is 0 Å². The van der Waals surface area contributed by atoms with Gasteiger partial charge in [-0.25, -0.2) is 4.90 Å². The lowest BCUT2D eigenvalue weighted by molar-refractivity contribution is -0.133. The minimum Gasteiger partial charge on any atom is -0.341 e. The smallest absolute Gasteiger partial charge is 0.308 e. The Kier molecular flexibility index (Phi) is 6.43. The van der Waals surface area contributed by atoms with E-state index < -0.39 is 17.1 Å². The minimum atomic E-state index is -0.661. The van der Waals surface area contributed by atoms with Crippen molar-refractivity contribution in [2.45, 2.75) is 42.0 Å². The zero-order chi connectivity index (χ0) is 25.0. The normalized spacial score (nSPS) is 23.6. The molecule has 186 valence electrons. The lowest BCUT2D eigenvalue weighted by Gasteiger charge is -2.30. The maximum atomic E-state index is 13.8. The Bertz CT molecular complexity index is 1390. The standard InChI is InChI=1S/C25H22BrN3O4S3/c26-14-6-8-15(9-7-14)29-22(31)19-18(16-5-4-12-34-16)21-24(35-20(19)23(29)32)28(25(33)36-21)13-17(30)27-10-2-1-3-11-27/h4-9,12,18-20H,1-3,10-11,13H2/t18-,19?,20?/m0/s1. The summed E-state index contributed by atoms with van der Waals surface area (Å²) in [4.78, 5) is 58.3. The molecule has 2 unspecified atom stereocenters. The molecule has 2 fully saturated rings. The number of amides is 3. The highest BCUT2D eigenvalue weighted by Gasteiger charge is 2.57. The summed E-state index contributed by atoms with van der Waals surface area (Å²) in [5.41, 5.74) is 0.536. The lowest BCUT2D eigenvalue weighted by Crippen LogP contribution is -2.39. The fourth-order valence-electron chi connectivity index (χ4n) is 5.25. The van der Waals surface area contributed by atoms with Gasteiger partial charge < -0.3 is 4.90 Å². The largest absolute Gasteiger partial charge is 0.341 e. The van der Waals surface area contributed by atoms with Crippen LogP contribution < -0.4 is 9.77 Å². The van der Waals surface area contributed by atoms with Crippen LogP contribution in [0.3, 0.4) is 0 Å². The molecule has 6 rings (SSSR count). The van der Waals surface area contributed by atoms with Crippen molar-refractivity contribution < 1.29 is 14.4 Å². The van der Waals surface area contributed by atoms with Crippen LogP contribution in [0.25, 0.3) is 0 Å². The van der Waals surface area contributed by atoms with Crippen molar-refractivity contribution in [3.8, 4) is 0 Å². The third-order valence-electron chi connectivity index (χ3n) is 6.99. The van der Waals surface area contributed by atoms with E-state index in [-0.39, 0.29) is 29.1 Å². The van der Waals surface area contributed by atoms with Gasteiger partial charge in [0.05, 0.1) is 16.6 Å². The highest BCUT2D eigenvalue weighted by molar-refractivity contribution is 9.10. The summed E-state index contributed by atoms with van der Waals surface area (Å²) in [6.45, 7) is 1.39. The van der Waals surface area contributed by atoms with Crippen molar-refractivity contribution in [1.82, 2.24) is 9.47 Å². The van der Waals surface area contributed by atoms with E-state index in [2.05, 4.69) is 15.9 Å². The van der Waals surface area contributed by atoms with E-state index in [0.717, 1.165) is 44.8 Å². The van der Waals surface area contributed by atoms with Crippen LogP contribution in [0.1, 0.15) is 34.9 Å². The van der Waals surface area contributed by atoms with Crippen LogP contribution in [0.5, 0.6) is 0 Å². The number of anilines is 1. The van der Waals surface area contributed by atoms with Gasteiger partial charge in [-0.2, -0.15) is 0 Å². The van der Waals surface area contributed by atoms with Gasteiger partial charge >= 0.3 is 4.87 Å². The van der Waals surface area contributed by atoms with Crippen LogP contribution in [-0.4, -0.2) is 45.5 Å². The SMILES string of the molecule is O=C(Cn1c2c(sc1=O)[C@@H](c1cccs1)C1C(=O)N(c3ccc(Br)cc3)C(=O)C1S2)N1CCCCC1. The molecular weight excluding hydrogens is 582 g/mol. The predicted octanol–water partition coefficient (Wildman–Crippen LogP) is 4.54. The van der Waals surface area contributed by atoms with Crippen molar-refractivity contribution in [1.29, 1.82) is 0 Å². The summed E-state index contributed by atoms with van der Waals surface area (Å²) >= 11 is 7.29. The number of aromatic nitrogens is 1. The third kappa shape index (κ3) is 4.00. The average Bonchev–Trinajstić information content (AvgIpc) is 3.58. The first-order chi connectivity index (χ1) is 17.4. The topological polar surface area (TPSA) is 79.7 Å². The number of thiophene rings is 1. The summed E-state index contributed by atoms with van der Waals surface area (Å²) < 4.78 is 2.39. The number of nitrogens with zero attached hydrogens (tertiary/aromatic N) is 3. The molecule has 5 heterocycles. The number of benzene rings is 1. The number of imide groups is 1. The first kappa shape index (κ1) is 24.1. The molecular formula is C25H22BrN3O4S3. The number of carbonyl (C=O) groups excluding carboxylic acids is 3. The van der Waals surface area contributed by atoms with Gasteiger partial charge in [-0.05, 0) is 55.0 Å². The zero-order valence-electron chi connectivity index (χ0n) is 19.1. The van der Waals surface area contributed by atoms with E-state index in [4.69, 9.17) is 0 Å². The number of halogens is 1. The maximum absolute atomic E-state index is 13.8. The molecule has 3 aromatic rings. The van der Waals surface area contributed by atoms with E-state index >= 15 is 0 Å². The summed E-state index contributed by atoms with van der Waals surface area (Å²) in [6.07, 6.45) is 3.07. The maximum Gasteiger partial charge on any atom is 0.308 e. The Labute approximate surface area is 228 Å². The van der Waals surface area contributed by atoms with Gasteiger partial charge in [-0.15, -0.1) is 11.3 Å². The highest BCUT2D eigenvalue weighted by Crippen LogP contribution is 2.54. The van der Waals surface area contributed by atoms with Crippen LogP contribution >= 0.6 is 50.4 Å². The van der Waals surface area contributed by atoms with E-state index in [1.165, 1.54) is 32.6 Å². The van der Waals surface area contributed by atoms with E-state index in [0.29, 0.717) is 23.8 Å². The fraction of sp³-hybridized carbons (Fsp3) is 0.360. The predicted molar refractivity (Wildman–Crippen MR) is 145 cm³/mol. The van der Waals surface area contributed by atoms with Crippen molar-refractivity contribution >= 4 is 73.8 Å². The Morgan fingerprint density at radius 2 is 1.75 bits per heavy atom. The summed E-state index contributed by atoms with van der Waals surface area (Å²) in [7, 11) is 0. The second-order valence-corrected chi connectivity index (χ2v) is 13.1. The zero-order valence-corrected chi connectivity index (χ0v) is 23.1. The van der Waals surface area contributed by atoms with E-state index in [1.807, 2.05) is 34.5 Å². The Morgan fingerprint density at radius 1 is 1.00 bits per heavy atom. The number of piperidine rings is 1. The monoisotopic (exact) mass is 603 g/mol. The number of thioether (sulfide) groups is 1. The van der Waals surface area contributed by atoms with Crippen molar-refractivity contribution in [2.75, 3.05) is 18.0 Å². The number of likely N-dealkylation sites (tertiary alicyclic amines) is 1. The lowest BCUT2D eigenvalue weighted by atomic mass is 9.87. The molecule has 2 aromatic heterocycles. The molecule has 0 N–H and O–H groups in total. The molecule has 3 aliphatic heterocycles. The molecule has 1 aromatic carbocycles. The quantitative estimate of drug-likeness (QED) is 0.409. The third-order valence-corrected chi connectivity index (χ3v) is 11.1. The number of thiazole rings is 1. The Hall–Kier alpha value is -2.21. The van der Waals surface area contributed by atoms with Crippen LogP contribution in [-0.2, 0) is 20.9 Å². The molecule has 0 bridgehead atoms. The van der Waals surface area contributed by atoms with Crippen molar-refractivity contribution in [3.63, 3.8) is 0 Å². The van der Waals surface area contributed by atoms with E-state index in [9.17, 15) is 19.2 Å². The molecule has 0 aliphatic carbocycles. The average molecular weight is 605 g/mol. The molecule has 0 radical (unpaired) electrons. The summed E-state index contributed by atoms with van der Waals surface area (Å²) in [5, 5.41) is 1.93. The molecule has 0 saturated carbocycles. The molecule has 3 amide bonds. The van der Waals surface area contributed by atoms with Gasteiger partial charge in [0, 0.05) is 33.2 Å². The first-order valence-corrected chi connectivity index (χ1v) is 15.2. The second kappa shape index (κ2) is 9.59. The minimum absolute atomic E-state index is 0.0369. The van der Waals surface area contributed by atoms with Gasteiger partial charge in [0.2, 0.25) is 17.7 Å². The Balaban J connectivity index is 1.41. The van der Waals surface area contributed by atoms with Gasteiger partial charge in [0.1, 0.15) is 11.8 Å². The summed E-state index contributed by atoms with van der Waals surface area (Å²) in [6, 6.07) is 11.0. The van der Waals surface area contributed by atoms with Crippen LogP contribution in [0.2, 0.25) is 0 Å². The van der Waals surface area contributed by atoms with E-state index in [1.54, 1.807) is 12.1 Å². The van der Waals surface area contributed by atoms with Crippen LogP contribution in [0.15, 0.2) is 56.1 Å². The number of rotatable bonds is 4. The van der Waals surface area contributed by atoms with Crippen LogP contribution in [0, 0.1) is 5.92 Å². The van der Waals surface area contributed by atoms with Crippen molar-refractivity contribution in [3.05, 3.63) is 65.7 Å². The molecule has 7 nitrogen and oxygen atoms in total. The molecule has 3 atom stereocenters. The first-order valence-electron chi connectivity index (χ1n) is 11.8. The number of carbonyl (C=O) groups is 3. The highest BCUT2D eigenvalue weighted by atomic mass is 79.9. The summed E-state index contributed by atoms with van der Waals surface area (Å²) in [5.74, 6) is -1.61. The van der Waals surface area contributed by atoms with Crippen LogP contribution in [0.4, 0.5) is 5.69 Å². The number of hydrogen-bond donors (Lipinski definition) is 0. The molecule has 3 aliphatic rings. The molecule has 2 saturated heterocycles. The molecule has 0 spiro atoms. The Morgan fingerprint density at radius 3 is 2.44 bits per heavy atom. The van der Waals surface area contributed by atoms with Crippen molar-refractivity contribution in [2.24, 2.45) is 5.92 Å². The molecule has 11 heteroatoms. The number of fused-ring (bicyclic) bond motifs is 2. The molecule has 36 heavy (non-hydrogen) atoms. The number of hydrogen-bond acceptors (Lipinski definition) is 7. The fourth-order valence-corrected chi connectivity index (χ4v) is 9.24.